The fourth-order valence-corrected chi connectivity index (χ4v) is 4.53. The molecule has 10 nitrogen and oxygen atoms in total. The van der Waals surface area contributed by atoms with Gasteiger partial charge in [0.1, 0.15) is 6.54 Å². The quantitative estimate of drug-likeness (QED) is 0.417. The second-order valence-electron chi connectivity index (χ2n) is 8.52. The second-order valence-corrected chi connectivity index (χ2v) is 8.52. The van der Waals surface area contributed by atoms with E-state index in [0.717, 1.165) is 15.8 Å². The van der Waals surface area contributed by atoms with Crippen LogP contribution >= 0.6 is 0 Å². The van der Waals surface area contributed by atoms with Gasteiger partial charge in [0.05, 0.1) is 12.9 Å². The highest BCUT2D eigenvalue weighted by molar-refractivity contribution is 5.77. The zero-order valence-corrected chi connectivity index (χ0v) is 19.6. The van der Waals surface area contributed by atoms with Gasteiger partial charge in [0.15, 0.2) is 11.2 Å². The highest BCUT2D eigenvalue weighted by atomic mass is 16.2. The molecule has 0 spiro atoms. The summed E-state index contributed by atoms with van der Waals surface area (Å²) < 4.78 is 4.25. The number of aryl methyl sites for hydroxylation is 1. The number of benzene rings is 1. The van der Waals surface area contributed by atoms with Gasteiger partial charge in [-0.1, -0.05) is 30.3 Å². The molecule has 0 radical (unpaired) electrons. The molecule has 180 valence electrons. The number of carbonyl (C=O) groups is 1. The molecular weight excluding hydrogens is 446 g/mol. The lowest BCUT2D eigenvalue weighted by atomic mass is 10.2. The third kappa shape index (κ3) is 4.34. The van der Waals surface area contributed by atoms with Crippen LogP contribution in [0.2, 0.25) is 0 Å². The standard InChI is InChI=1S/C25H27N7O3/c1-2-28-18-27-23-22(28)24(34)32(25(35)31(23)16-19-6-4-3-5-7-19)17-21(33)30-14-12-29(13-15-30)20-8-10-26-11-9-20/h3-11,18H,2,12-17H2,1H3. The molecule has 0 saturated carbocycles. The summed E-state index contributed by atoms with van der Waals surface area (Å²) in [5, 5.41) is 0. The first-order chi connectivity index (χ1) is 17.1. The number of piperazine rings is 1. The van der Waals surface area contributed by atoms with Crippen molar-refractivity contribution >= 4 is 22.8 Å². The van der Waals surface area contributed by atoms with E-state index in [1.54, 1.807) is 28.2 Å². The number of amides is 1. The Bertz CT molecular complexity index is 1450. The SMILES string of the molecule is CCn1cnc2c1c(=O)n(CC(=O)N1CCN(c3ccncc3)CC1)c(=O)n2Cc1ccccc1. The highest BCUT2D eigenvalue weighted by Crippen LogP contribution is 2.15. The van der Waals surface area contributed by atoms with Gasteiger partial charge in [0, 0.05) is 50.8 Å². The Labute approximate surface area is 201 Å². The van der Waals surface area contributed by atoms with Crippen molar-refractivity contribution in [2.45, 2.75) is 26.6 Å². The molecule has 10 heteroatoms. The van der Waals surface area contributed by atoms with Crippen LogP contribution in [0.5, 0.6) is 0 Å². The zero-order valence-electron chi connectivity index (χ0n) is 19.6. The van der Waals surface area contributed by atoms with Crippen molar-refractivity contribution in [3.05, 3.63) is 87.6 Å². The summed E-state index contributed by atoms with van der Waals surface area (Å²) >= 11 is 0. The lowest BCUT2D eigenvalue weighted by Crippen LogP contribution is -2.51. The van der Waals surface area contributed by atoms with Gasteiger partial charge in [-0.3, -0.25) is 19.1 Å². The molecular formula is C25H27N7O3. The Kier molecular flexibility index (Phi) is 6.17. The Morgan fingerprint density at radius 2 is 1.66 bits per heavy atom. The lowest BCUT2D eigenvalue weighted by Gasteiger charge is -2.36. The molecule has 5 rings (SSSR count). The molecule has 1 aliphatic rings. The van der Waals surface area contributed by atoms with E-state index in [4.69, 9.17) is 0 Å². The van der Waals surface area contributed by atoms with Gasteiger partial charge in [0.25, 0.3) is 5.56 Å². The van der Waals surface area contributed by atoms with E-state index in [2.05, 4.69) is 14.9 Å². The normalized spacial score (nSPS) is 14.0. The third-order valence-corrected chi connectivity index (χ3v) is 6.46. The van der Waals surface area contributed by atoms with Crippen molar-refractivity contribution in [2.24, 2.45) is 0 Å². The van der Waals surface area contributed by atoms with Gasteiger partial charge in [-0.25, -0.2) is 14.3 Å². The third-order valence-electron chi connectivity index (χ3n) is 6.46. The number of rotatable bonds is 6. The van der Waals surface area contributed by atoms with E-state index in [0.29, 0.717) is 43.9 Å². The number of fused-ring (bicyclic) bond motifs is 1. The van der Waals surface area contributed by atoms with E-state index in [9.17, 15) is 14.4 Å². The summed E-state index contributed by atoms with van der Waals surface area (Å²) in [4.78, 5) is 52.3. The molecule has 1 aromatic carbocycles. The molecule has 0 aliphatic carbocycles. The van der Waals surface area contributed by atoms with Crippen LogP contribution in [0.3, 0.4) is 0 Å². The highest BCUT2D eigenvalue weighted by Gasteiger charge is 2.24. The van der Waals surface area contributed by atoms with E-state index in [1.807, 2.05) is 49.4 Å². The van der Waals surface area contributed by atoms with Gasteiger partial charge in [-0.2, -0.15) is 0 Å². The summed E-state index contributed by atoms with van der Waals surface area (Å²) in [6.45, 7) is 4.77. The predicted octanol–water partition coefficient (Wildman–Crippen LogP) is 1.17. The largest absolute Gasteiger partial charge is 0.368 e. The fourth-order valence-electron chi connectivity index (χ4n) is 4.53. The lowest BCUT2D eigenvalue weighted by molar-refractivity contribution is -0.132. The summed E-state index contributed by atoms with van der Waals surface area (Å²) in [5.41, 5.74) is 1.61. The van der Waals surface area contributed by atoms with Gasteiger partial charge in [-0.15, -0.1) is 0 Å². The van der Waals surface area contributed by atoms with Crippen molar-refractivity contribution < 1.29 is 4.79 Å². The fraction of sp³-hybridized carbons (Fsp3) is 0.320. The van der Waals surface area contributed by atoms with Crippen molar-refractivity contribution in [1.82, 2.24) is 28.6 Å². The Balaban J connectivity index is 1.43. The van der Waals surface area contributed by atoms with Crippen molar-refractivity contribution in [3.63, 3.8) is 0 Å². The average molecular weight is 474 g/mol. The van der Waals surface area contributed by atoms with Crippen LogP contribution in [0.1, 0.15) is 12.5 Å². The minimum Gasteiger partial charge on any atom is -0.368 e. The number of hydrogen-bond acceptors (Lipinski definition) is 6. The monoisotopic (exact) mass is 473 g/mol. The number of hydrogen-bond donors (Lipinski definition) is 0. The molecule has 0 unspecified atom stereocenters. The summed E-state index contributed by atoms with van der Waals surface area (Å²) in [6, 6.07) is 13.4. The molecule has 1 saturated heterocycles. The molecule has 0 N–H and O–H groups in total. The Morgan fingerprint density at radius 1 is 0.943 bits per heavy atom. The van der Waals surface area contributed by atoms with Crippen LogP contribution in [-0.4, -0.2) is 60.7 Å². The summed E-state index contributed by atoms with van der Waals surface area (Å²) in [7, 11) is 0. The maximum absolute atomic E-state index is 13.5. The summed E-state index contributed by atoms with van der Waals surface area (Å²) in [6.07, 6.45) is 5.06. The molecule has 0 bridgehead atoms. The van der Waals surface area contributed by atoms with Crippen LogP contribution in [0.15, 0.2) is 70.8 Å². The minimum atomic E-state index is -0.531. The number of pyridine rings is 1. The number of anilines is 1. The van der Waals surface area contributed by atoms with Crippen LogP contribution in [0.25, 0.3) is 11.2 Å². The van der Waals surface area contributed by atoms with Gasteiger partial charge < -0.3 is 14.4 Å². The maximum Gasteiger partial charge on any atom is 0.333 e. The topological polar surface area (TPSA) is 98.3 Å². The molecule has 1 aliphatic heterocycles. The first kappa shape index (κ1) is 22.6. The molecule has 4 heterocycles. The average Bonchev–Trinajstić information content (AvgIpc) is 3.34. The Morgan fingerprint density at radius 3 is 2.34 bits per heavy atom. The smallest absolute Gasteiger partial charge is 0.333 e. The molecule has 4 aromatic rings. The van der Waals surface area contributed by atoms with Crippen molar-refractivity contribution in [3.8, 4) is 0 Å². The van der Waals surface area contributed by atoms with Crippen molar-refractivity contribution in [1.29, 1.82) is 0 Å². The predicted molar refractivity (Wildman–Crippen MR) is 133 cm³/mol. The number of aromatic nitrogens is 5. The van der Waals surface area contributed by atoms with Crippen LogP contribution in [-0.2, 0) is 24.4 Å². The van der Waals surface area contributed by atoms with Gasteiger partial charge in [-0.05, 0) is 24.6 Å². The first-order valence-electron chi connectivity index (χ1n) is 11.7. The van der Waals surface area contributed by atoms with E-state index < -0.39 is 11.2 Å². The molecule has 35 heavy (non-hydrogen) atoms. The van der Waals surface area contributed by atoms with E-state index in [1.165, 1.54) is 4.57 Å². The number of imidazole rings is 1. The van der Waals surface area contributed by atoms with E-state index >= 15 is 0 Å². The zero-order chi connectivity index (χ0) is 24.4. The van der Waals surface area contributed by atoms with Crippen LogP contribution < -0.4 is 16.1 Å². The van der Waals surface area contributed by atoms with Crippen LogP contribution in [0, 0.1) is 0 Å². The summed E-state index contributed by atoms with van der Waals surface area (Å²) in [5.74, 6) is -0.244. The first-order valence-corrected chi connectivity index (χ1v) is 11.7. The van der Waals surface area contributed by atoms with Crippen LogP contribution in [0.4, 0.5) is 5.69 Å². The number of nitrogens with zero attached hydrogens (tertiary/aromatic N) is 7. The van der Waals surface area contributed by atoms with E-state index in [-0.39, 0.29) is 19.0 Å². The second kappa shape index (κ2) is 9.57. The molecule has 3 aromatic heterocycles. The van der Waals surface area contributed by atoms with Crippen molar-refractivity contribution in [2.75, 3.05) is 31.1 Å². The van der Waals surface area contributed by atoms with Gasteiger partial charge >= 0.3 is 5.69 Å². The molecule has 1 fully saturated rings. The Hall–Kier alpha value is -4.21. The molecule has 1 amide bonds. The maximum atomic E-state index is 13.5. The molecule has 0 atom stereocenters. The minimum absolute atomic E-state index is 0.244. The van der Waals surface area contributed by atoms with Gasteiger partial charge in [0.2, 0.25) is 5.91 Å². The number of carbonyl (C=O) groups excluding carboxylic acids is 1.